The van der Waals surface area contributed by atoms with E-state index < -0.39 is 0 Å². The van der Waals surface area contributed by atoms with E-state index in [-0.39, 0.29) is 11.9 Å². The first kappa shape index (κ1) is 18.2. The molecule has 5 heteroatoms. The number of hydrogen-bond acceptors (Lipinski definition) is 3. The van der Waals surface area contributed by atoms with E-state index in [2.05, 4.69) is 27.4 Å². The van der Waals surface area contributed by atoms with Gasteiger partial charge in [0.25, 0.3) is 5.91 Å². The van der Waals surface area contributed by atoms with Gasteiger partial charge in [-0.25, -0.2) is 4.98 Å². The standard InChI is InChI=1S/C25H22N4O/c1-17-8-7-11-19(14-17)29-24(30)15-22(25(29)18-9-3-2-4-10-18)26-16-23-27-20-12-5-6-13-21(20)28-23/h2-15,25-26H,16H2,1H3,(H,27,28)/t25-/m1/s1. The zero-order chi connectivity index (χ0) is 20.5. The number of hydrogen-bond donors (Lipinski definition) is 2. The highest BCUT2D eigenvalue weighted by Crippen LogP contribution is 2.37. The number of anilines is 1. The fourth-order valence-electron chi connectivity index (χ4n) is 3.99. The zero-order valence-corrected chi connectivity index (χ0v) is 16.7. The Morgan fingerprint density at radius 1 is 1.00 bits per heavy atom. The minimum absolute atomic E-state index is 0.0263. The summed E-state index contributed by atoms with van der Waals surface area (Å²) >= 11 is 0. The van der Waals surface area contributed by atoms with Crippen LogP contribution in [0.4, 0.5) is 5.69 Å². The Morgan fingerprint density at radius 3 is 2.60 bits per heavy atom. The van der Waals surface area contributed by atoms with Crippen LogP contribution in [0.5, 0.6) is 0 Å². The SMILES string of the molecule is Cc1cccc(N2C(=O)C=C(NCc3nc4ccccc4[nH]3)[C@H]2c2ccccc2)c1. The molecule has 3 aromatic carbocycles. The van der Waals surface area contributed by atoms with Gasteiger partial charge in [0.05, 0.1) is 17.6 Å². The molecule has 1 amide bonds. The molecule has 4 aromatic rings. The number of imidazole rings is 1. The summed E-state index contributed by atoms with van der Waals surface area (Å²) in [7, 11) is 0. The van der Waals surface area contributed by atoms with Gasteiger partial charge < -0.3 is 10.3 Å². The second-order valence-electron chi connectivity index (χ2n) is 7.51. The molecule has 1 aromatic heterocycles. The van der Waals surface area contributed by atoms with Crippen LogP contribution in [-0.4, -0.2) is 15.9 Å². The van der Waals surface area contributed by atoms with Crippen LogP contribution in [0.15, 0.2) is 90.6 Å². The molecule has 0 spiro atoms. The lowest BCUT2D eigenvalue weighted by molar-refractivity contribution is -0.113. The maximum atomic E-state index is 13.0. The van der Waals surface area contributed by atoms with Gasteiger partial charge in [-0.3, -0.25) is 9.69 Å². The van der Waals surface area contributed by atoms with Gasteiger partial charge >= 0.3 is 0 Å². The van der Waals surface area contributed by atoms with E-state index in [0.29, 0.717) is 6.54 Å². The van der Waals surface area contributed by atoms with Gasteiger partial charge in [-0.05, 0) is 42.3 Å². The van der Waals surface area contributed by atoms with Crippen molar-refractivity contribution in [3.8, 4) is 0 Å². The predicted octanol–water partition coefficient (Wildman–Crippen LogP) is 4.63. The number of benzene rings is 3. The Bertz CT molecular complexity index is 1210. The van der Waals surface area contributed by atoms with Crippen molar-refractivity contribution in [3.05, 3.63) is 108 Å². The lowest BCUT2D eigenvalue weighted by atomic mass is 10.0. The lowest BCUT2D eigenvalue weighted by Gasteiger charge is -2.28. The number of fused-ring (bicyclic) bond motifs is 1. The summed E-state index contributed by atoms with van der Waals surface area (Å²) in [6.45, 7) is 2.55. The first-order chi connectivity index (χ1) is 14.7. The number of para-hydroxylation sites is 2. The third-order valence-electron chi connectivity index (χ3n) is 5.36. The maximum Gasteiger partial charge on any atom is 0.253 e. The topological polar surface area (TPSA) is 61.0 Å². The van der Waals surface area contributed by atoms with E-state index in [0.717, 1.165) is 39.4 Å². The van der Waals surface area contributed by atoms with Gasteiger partial charge in [0, 0.05) is 17.5 Å². The van der Waals surface area contributed by atoms with Crippen LogP contribution in [0.25, 0.3) is 11.0 Å². The van der Waals surface area contributed by atoms with E-state index in [1.165, 1.54) is 0 Å². The molecule has 5 rings (SSSR count). The molecular formula is C25H22N4O. The highest BCUT2D eigenvalue weighted by atomic mass is 16.2. The van der Waals surface area contributed by atoms with Gasteiger partial charge in [0.1, 0.15) is 11.9 Å². The normalized spacial score (nSPS) is 16.2. The number of rotatable bonds is 5. The van der Waals surface area contributed by atoms with Gasteiger partial charge in [-0.1, -0.05) is 54.6 Å². The molecule has 0 saturated heterocycles. The monoisotopic (exact) mass is 394 g/mol. The molecule has 1 atom stereocenters. The predicted molar refractivity (Wildman–Crippen MR) is 119 cm³/mol. The Hall–Kier alpha value is -3.86. The van der Waals surface area contributed by atoms with Crippen molar-refractivity contribution in [3.63, 3.8) is 0 Å². The van der Waals surface area contributed by atoms with E-state index in [1.54, 1.807) is 6.08 Å². The maximum absolute atomic E-state index is 13.0. The van der Waals surface area contributed by atoms with Crippen molar-refractivity contribution in [1.82, 2.24) is 15.3 Å². The third-order valence-corrected chi connectivity index (χ3v) is 5.36. The molecule has 0 bridgehead atoms. The first-order valence-corrected chi connectivity index (χ1v) is 10.0. The van der Waals surface area contributed by atoms with Crippen molar-refractivity contribution in [2.24, 2.45) is 0 Å². The van der Waals surface area contributed by atoms with Crippen LogP contribution in [0.2, 0.25) is 0 Å². The quantitative estimate of drug-likeness (QED) is 0.519. The van der Waals surface area contributed by atoms with Gasteiger partial charge in [0.15, 0.2) is 0 Å². The Balaban J connectivity index is 1.46. The fourth-order valence-corrected chi connectivity index (χ4v) is 3.99. The average Bonchev–Trinajstić information content (AvgIpc) is 3.33. The van der Waals surface area contributed by atoms with E-state index in [1.807, 2.05) is 78.6 Å². The van der Waals surface area contributed by atoms with E-state index >= 15 is 0 Å². The van der Waals surface area contributed by atoms with E-state index in [9.17, 15) is 4.79 Å². The summed E-state index contributed by atoms with van der Waals surface area (Å²) < 4.78 is 0. The summed E-state index contributed by atoms with van der Waals surface area (Å²) in [4.78, 5) is 22.8. The highest BCUT2D eigenvalue weighted by molar-refractivity contribution is 6.06. The highest BCUT2D eigenvalue weighted by Gasteiger charge is 2.35. The van der Waals surface area contributed by atoms with Crippen molar-refractivity contribution in [2.45, 2.75) is 19.5 Å². The van der Waals surface area contributed by atoms with Gasteiger partial charge in [0.2, 0.25) is 0 Å². The lowest BCUT2D eigenvalue weighted by Crippen LogP contribution is -2.31. The molecule has 1 aliphatic rings. The van der Waals surface area contributed by atoms with Crippen LogP contribution >= 0.6 is 0 Å². The number of aryl methyl sites for hydroxylation is 1. The van der Waals surface area contributed by atoms with Crippen LogP contribution in [0.1, 0.15) is 23.0 Å². The van der Waals surface area contributed by atoms with Gasteiger partial charge in [-0.2, -0.15) is 0 Å². The van der Waals surface area contributed by atoms with Crippen molar-refractivity contribution < 1.29 is 4.79 Å². The smallest absolute Gasteiger partial charge is 0.253 e. The second-order valence-corrected chi connectivity index (χ2v) is 7.51. The number of carbonyl (C=O) groups is 1. The van der Waals surface area contributed by atoms with Crippen molar-refractivity contribution in [1.29, 1.82) is 0 Å². The summed E-state index contributed by atoms with van der Waals surface area (Å²) in [5, 5.41) is 3.46. The first-order valence-electron chi connectivity index (χ1n) is 10.0. The fraction of sp³-hybridized carbons (Fsp3) is 0.120. The number of aromatic nitrogens is 2. The summed E-state index contributed by atoms with van der Waals surface area (Å²) in [6.07, 6.45) is 1.70. The summed E-state index contributed by atoms with van der Waals surface area (Å²) in [5.74, 6) is 0.812. The molecular weight excluding hydrogens is 372 g/mol. The number of carbonyl (C=O) groups excluding carboxylic acids is 1. The zero-order valence-electron chi connectivity index (χ0n) is 16.7. The van der Waals surface area contributed by atoms with Crippen molar-refractivity contribution >= 4 is 22.6 Å². The molecule has 148 valence electrons. The number of amides is 1. The van der Waals surface area contributed by atoms with E-state index in [4.69, 9.17) is 0 Å². The molecule has 0 fully saturated rings. The molecule has 5 nitrogen and oxygen atoms in total. The largest absolute Gasteiger partial charge is 0.379 e. The number of nitrogens with zero attached hydrogens (tertiary/aromatic N) is 2. The molecule has 2 heterocycles. The molecule has 1 aliphatic heterocycles. The van der Waals surface area contributed by atoms with Crippen LogP contribution in [0, 0.1) is 6.92 Å². The van der Waals surface area contributed by atoms with Crippen LogP contribution in [-0.2, 0) is 11.3 Å². The van der Waals surface area contributed by atoms with Crippen LogP contribution < -0.4 is 10.2 Å². The average molecular weight is 394 g/mol. The van der Waals surface area contributed by atoms with Gasteiger partial charge in [-0.15, -0.1) is 0 Å². The molecule has 2 N–H and O–H groups in total. The molecule has 0 radical (unpaired) electrons. The molecule has 0 aliphatic carbocycles. The van der Waals surface area contributed by atoms with Crippen LogP contribution in [0.3, 0.4) is 0 Å². The second kappa shape index (κ2) is 7.52. The Labute approximate surface area is 175 Å². The summed E-state index contributed by atoms with van der Waals surface area (Å²) in [5.41, 5.74) is 5.89. The minimum Gasteiger partial charge on any atom is -0.379 e. The summed E-state index contributed by atoms with van der Waals surface area (Å²) in [6, 6.07) is 25.9. The molecule has 30 heavy (non-hydrogen) atoms. The number of H-pyrrole nitrogens is 1. The third kappa shape index (κ3) is 3.35. The molecule has 0 saturated carbocycles. The van der Waals surface area contributed by atoms with Crippen molar-refractivity contribution in [2.75, 3.05) is 4.90 Å². The Kier molecular flexibility index (Phi) is 4.56. The number of aromatic amines is 1. The molecule has 0 unspecified atom stereocenters. The minimum atomic E-state index is -0.204. The number of nitrogens with one attached hydrogen (secondary N) is 2. The Morgan fingerprint density at radius 2 is 1.80 bits per heavy atom.